The first-order valence-corrected chi connectivity index (χ1v) is 7.59. The van der Waals surface area contributed by atoms with Gasteiger partial charge < -0.3 is 10.2 Å². The van der Waals surface area contributed by atoms with Crippen LogP contribution < -0.4 is 10.2 Å². The van der Waals surface area contributed by atoms with Gasteiger partial charge in [0.05, 0.1) is 18.2 Å². The van der Waals surface area contributed by atoms with Crippen LogP contribution in [0.25, 0.3) is 0 Å². The van der Waals surface area contributed by atoms with E-state index in [1.165, 1.54) is 4.90 Å². The van der Waals surface area contributed by atoms with Gasteiger partial charge in [0.2, 0.25) is 5.91 Å². The van der Waals surface area contributed by atoms with Crippen LogP contribution in [-0.4, -0.2) is 72.5 Å². The Bertz CT molecular complexity index is 648. The summed E-state index contributed by atoms with van der Waals surface area (Å²) >= 11 is 0. The van der Waals surface area contributed by atoms with Gasteiger partial charge in [-0.2, -0.15) is 5.26 Å². The Kier molecular flexibility index (Phi) is 4.39. The second-order valence-corrected chi connectivity index (χ2v) is 5.56. The Morgan fingerprint density at radius 2 is 2.09 bits per heavy atom. The van der Waals surface area contributed by atoms with Crippen LogP contribution in [0.1, 0.15) is 5.56 Å². The van der Waals surface area contributed by atoms with E-state index in [0.717, 1.165) is 32.0 Å². The maximum atomic E-state index is 12.1. The number of piperazine rings is 1. The predicted octanol–water partition coefficient (Wildman–Crippen LogP) is -0.373. The molecule has 0 aromatic carbocycles. The molecule has 2 saturated heterocycles. The molecule has 1 N–H and O–H groups in total. The van der Waals surface area contributed by atoms with Crippen LogP contribution in [0.2, 0.25) is 0 Å². The summed E-state index contributed by atoms with van der Waals surface area (Å²) < 4.78 is 0. The fourth-order valence-corrected chi connectivity index (χ4v) is 2.78. The van der Waals surface area contributed by atoms with Crippen molar-refractivity contribution in [1.82, 2.24) is 20.1 Å². The lowest BCUT2D eigenvalue weighted by Crippen LogP contribution is -2.50. The summed E-state index contributed by atoms with van der Waals surface area (Å²) in [6.07, 6.45) is 1.63. The van der Waals surface area contributed by atoms with E-state index in [-0.39, 0.29) is 18.5 Å². The van der Waals surface area contributed by atoms with Crippen LogP contribution in [-0.2, 0) is 4.79 Å². The van der Waals surface area contributed by atoms with Crippen LogP contribution in [0.15, 0.2) is 18.3 Å². The molecule has 0 spiro atoms. The molecule has 0 bridgehead atoms. The first kappa shape index (κ1) is 15.2. The van der Waals surface area contributed by atoms with Crippen molar-refractivity contribution >= 4 is 17.8 Å². The highest BCUT2D eigenvalue weighted by molar-refractivity contribution is 5.96. The molecule has 0 saturated carbocycles. The first-order chi connectivity index (χ1) is 11.2. The van der Waals surface area contributed by atoms with E-state index in [1.807, 2.05) is 4.90 Å². The van der Waals surface area contributed by atoms with E-state index in [0.29, 0.717) is 18.7 Å². The van der Waals surface area contributed by atoms with Crippen molar-refractivity contribution < 1.29 is 9.59 Å². The van der Waals surface area contributed by atoms with Gasteiger partial charge in [-0.05, 0) is 12.1 Å². The zero-order valence-corrected chi connectivity index (χ0v) is 12.7. The average molecular weight is 314 g/mol. The van der Waals surface area contributed by atoms with Gasteiger partial charge in [-0.25, -0.2) is 9.78 Å². The predicted molar refractivity (Wildman–Crippen MR) is 82.7 cm³/mol. The Morgan fingerprint density at radius 1 is 1.30 bits per heavy atom. The number of hydrogen-bond acceptors (Lipinski definition) is 6. The fraction of sp³-hybridized carbons (Fsp3) is 0.467. The summed E-state index contributed by atoms with van der Waals surface area (Å²) in [5.74, 6) is 0.631. The summed E-state index contributed by atoms with van der Waals surface area (Å²) in [6.45, 7) is 4.15. The number of hydrogen-bond donors (Lipinski definition) is 1. The van der Waals surface area contributed by atoms with Crippen molar-refractivity contribution in [2.45, 2.75) is 0 Å². The quantitative estimate of drug-likeness (QED) is 0.818. The number of anilines is 1. The number of nitrogens with one attached hydrogen (secondary N) is 1. The Hall–Kier alpha value is -2.66. The third kappa shape index (κ3) is 3.40. The maximum absolute atomic E-state index is 12.1. The van der Waals surface area contributed by atoms with Crippen LogP contribution in [0.5, 0.6) is 0 Å². The van der Waals surface area contributed by atoms with Crippen molar-refractivity contribution in [3.63, 3.8) is 0 Å². The summed E-state index contributed by atoms with van der Waals surface area (Å²) in [5.41, 5.74) is 0.590. The molecule has 0 unspecified atom stereocenters. The standard InChI is InChI=1S/C15H18N6O2/c16-10-12-1-2-17-13(9-12)20-7-5-19(6-8-20)11-14(22)21-4-3-18-15(21)23/h1-2,9H,3-8,11H2,(H,18,23). The second-order valence-electron chi connectivity index (χ2n) is 5.56. The van der Waals surface area contributed by atoms with Crippen molar-refractivity contribution in [2.24, 2.45) is 0 Å². The van der Waals surface area contributed by atoms with Gasteiger partial charge in [0, 0.05) is 45.5 Å². The summed E-state index contributed by atoms with van der Waals surface area (Å²) in [7, 11) is 0. The zero-order valence-electron chi connectivity index (χ0n) is 12.7. The Balaban J connectivity index is 1.53. The summed E-state index contributed by atoms with van der Waals surface area (Å²) in [6, 6.07) is 5.27. The molecule has 8 heteroatoms. The molecule has 23 heavy (non-hydrogen) atoms. The molecular formula is C15H18N6O2. The number of rotatable bonds is 3. The zero-order chi connectivity index (χ0) is 16.2. The molecule has 120 valence electrons. The van der Waals surface area contributed by atoms with E-state index in [9.17, 15) is 9.59 Å². The highest BCUT2D eigenvalue weighted by Gasteiger charge is 2.28. The third-order valence-corrected chi connectivity index (χ3v) is 4.09. The molecule has 2 aliphatic heterocycles. The summed E-state index contributed by atoms with van der Waals surface area (Å²) in [4.78, 5) is 33.3. The van der Waals surface area contributed by atoms with Gasteiger partial charge in [-0.3, -0.25) is 14.6 Å². The smallest absolute Gasteiger partial charge is 0.324 e. The molecule has 1 aromatic heterocycles. The molecule has 3 amide bonds. The highest BCUT2D eigenvalue weighted by Crippen LogP contribution is 2.15. The van der Waals surface area contributed by atoms with Crippen molar-refractivity contribution in [3.8, 4) is 6.07 Å². The summed E-state index contributed by atoms with van der Waals surface area (Å²) in [5, 5.41) is 11.6. The van der Waals surface area contributed by atoms with E-state index >= 15 is 0 Å². The van der Waals surface area contributed by atoms with Crippen LogP contribution in [0.3, 0.4) is 0 Å². The van der Waals surface area contributed by atoms with Gasteiger partial charge >= 0.3 is 6.03 Å². The molecule has 2 fully saturated rings. The molecule has 3 rings (SSSR count). The molecular weight excluding hydrogens is 296 g/mol. The molecule has 3 heterocycles. The van der Waals surface area contributed by atoms with Crippen LogP contribution >= 0.6 is 0 Å². The van der Waals surface area contributed by atoms with E-state index < -0.39 is 0 Å². The van der Waals surface area contributed by atoms with Crippen molar-refractivity contribution in [3.05, 3.63) is 23.9 Å². The maximum Gasteiger partial charge on any atom is 0.324 e. The minimum absolute atomic E-state index is 0.155. The minimum Gasteiger partial charge on any atom is -0.354 e. The van der Waals surface area contributed by atoms with Gasteiger partial charge in [0.15, 0.2) is 0 Å². The highest BCUT2D eigenvalue weighted by atomic mass is 16.2. The van der Waals surface area contributed by atoms with Gasteiger partial charge in [0.1, 0.15) is 5.82 Å². The first-order valence-electron chi connectivity index (χ1n) is 7.59. The number of urea groups is 1. The monoisotopic (exact) mass is 314 g/mol. The lowest BCUT2D eigenvalue weighted by Gasteiger charge is -2.35. The number of pyridine rings is 1. The normalized spacial score (nSPS) is 18.7. The number of nitriles is 1. The van der Waals surface area contributed by atoms with Crippen molar-refractivity contribution in [2.75, 3.05) is 50.7 Å². The lowest BCUT2D eigenvalue weighted by atomic mass is 10.2. The van der Waals surface area contributed by atoms with Crippen molar-refractivity contribution in [1.29, 1.82) is 5.26 Å². The molecule has 0 atom stereocenters. The lowest BCUT2D eigenvalue weighted by molar-refractivity contribution is -0.128. The van der Waals surface area contributed by atoms with Crippen LogP contribution in [0, 0.1) is 11.3 Å². The molecule has 1 aromatic rings. The largest absolute Gasteiger partial charge is 0.354 e. The number of imide groups is 1. The van der Waals surface area contributed by atoms with E-state index in [4.69, 9.17) is 5.26 Å². The fourth-order valence-electron chi connectivity index (χ4n) is 2.78. The number of carbonyl (C=O) groups is 2. The molecule has 8 nitrogen and oxygen atoms in total. The number of aromatic nitrogens is 1. The third-order valence-electron chi connectivity index (χ3n) is 4.09. The van der Waals surface area contributed by atoms with Crippen LogP contribution in [0.4, 0.5) is 10.6 Å². The van der Waals surface area contributed by atoms with Gasteiger partial charge in [0.25, 0.3) is 0 Å². The molecule has 0 aliphatic carbocycles. The van der Waals surface area contributed by atoms with E-state index in [2.05, 4.69) is 21.3 Å². The number of nitrogens with zero attached hydrogens (tertiary/aromatic N) is 5. The number of carbonyl (C=O) groups excluding carboxylic acids is 2. The van der Waals surface area contributed by atoms with Gasteiger partial charge in [-0.15, -0.1) is 0 Å². The van der Waals surface area contributed by atoms with E-state index in [1.54, 1.807) is 18.3 Å². The topological polar surface area (TPSA) is 92.6 Å². The minimum atomic E-state index is -0.300. The second kappa shape index (κ2) is 6.62. The van der Waals surface area contributed by atoms with Gasteiger partial charge in [-0.1, -0.05) is 0 Å². The Labute approximate surface area is 134 Å². The average Bonchev–Trinajstić information content (AvgIpc) is 3.02. The molecule has 0 radical (unpaired) electrons. The Morgan fingerprint density at radius 3 is 2.74 bits per heavy atom. The SMILES string of the molecule is N#Cc1ccnc(N2CCN(CC(=O)N3CCNC3=O)CC2)c1. The number of amides is 3. The molecule has 2 aliphatic rings.